The lowest BCUT2D eigenvalue weighted by molar-refractivity contribution is -0.136. The van der Waals surface area contributed by atoms with Crippen LogP contribution in [0.2, 0.25) is 0 Å². The maximum absolute atomic E-state index is 12.2. The first-order chi connectivity index (χ1) is 10.3. The van der Waals surface area contributed by atoms with Crippen molar-refractivity contribution in [3.63, 3.8) is 0 Å². The van der Waals surface area contributed by atoms with E-state index in [-0.39, 0.29) is 10.5 Å². The first-order valence-electron chi connectivity index (χ1n) is 6.65. The molecular weight excluding hydrogens is 304 g/mol. The molecule has 0 aliphatic carbocycles. The summed E-state index contributed by atoms with van der Waals surface area (Å²) in [5.41, 5.74) is 1.80. The van der Waals surface area contributed by atoms with Crippen LogP contribution in [0, 0.1) is 0 Å². The Balaban J connectivity index is 2.75. The lowest BCUT2D eigenvalue weighted by Crippen LogP contribution is -2.31. The van der Waals surface area contributed by atoms with Gasteiger partial charge in [0.15, 0.2) is 9.84 Å². The van der Waals surface area contributed by atoms with E-state index in [1.54, 1.807) is 38.2 Å². The van der Waals surface area contributed by atoms with Crippen molar-refractivity contribution in [2.45, 2.75) is 19.8 Å². The minimum Gasteiger partial charge on any atom is -0.466 e. The number of aromatic nitrogens is 1. The van der Waals surface area contributed by atoms with Gasteiger partial charge in [-0.05, 0) is 26.0 Å². The Labute approximate surface area is 129 Å². The third-order valence-electron chi connectivity index (χ3n) is 3.49. The van der Waals surface area contributed by atoms with Crippen LogP contribution in [-0.4, -0.2) is 32.7 Å². The molecule has 1 aliphatic heterocycles. The number of carbonyl (C=O) groups excluding carboxylic acids is 1. The van der Waals surface area contributed by atoms with Crippen LogP contribution in [0.5, 0.6) is 0 Å². The van der Waals surface area contributed by atoms with Gasteiger partial charge in [-0.2, -0.15) is 0 Å². The summed E-state index contributed by atoms with van der Waals surface area (Å²) in [5.74, 6) is -1.35. The molecule has 2 heterocycles. The van der Waals surface area contributed by atoms with E-state index in [0.717, 1.165) is 6.26 Å². The molecule has 118 valence electrons. The van der Waals surface area contributed by atoms with Gasteiger partial charge in [0.25, 0.3) is 0 Å². The highest BCUT2D eigenvalue weighted by atomic mass is 32.2. The molecule has 0 aromatic carbocycles. The number of nitrogens with one attached hydrogen (secondary N) is 1. The Bertz CT molecular complexity index is 764. The van der Waals surface area contributed by atoms with E-state index in [9.17, 15) is 13.2 Å². The van der Waals surface area contributed by atoms with Crippen molar-refractivity contribution in [3.8, 4) is 0 Å². The lowest BCUT2D eigenvalue weighted by Gasteiger charge is -2.29. The second kappa shape index (κ2) is 5.92. The van der Waals surface area contributed by atoms with E-state index in [2.05, 4.69) is 10.3 Å². The first-order valence-corrected chi connectivity index (χ1v) is 8.54. The van der Waals surface area contributed by atoms with Crippen molar-refractivity contribution in [1.82, 2.24) is 10.3 Å². The van der Waals surface area contributed by atoms with E-state index in [1.165, 1.54) is 7.11 Å². The molecule has 1 N–H and O–H groups in total. The molecule has 6 nitrogen and oxygen atoms in total. The molecule has 2 rings (SSSR count). The summed E-state index contributed by atoms with van der Waals surface area (Å²) in [4.78, 5) is 16.5. The molecule has 0 spiro atoms. The maximum Gasteiger partial charge on any atom is 0.336 e. The summed E-state index contributed by atoms with van der Waals surface area (Å²) >= 11 is 0. The van der Waals surface area contributed by atoms with Gasteiger partial charge in [-0.3, -0.25) is 4.98 Å². The quantitative estimate of drug-likeness (QED) is 0.849. The average molecular weight is 322 g/mol. The van der Waals surface area contributed by atoms with Gasteiger partial charge in [0.2, 0.25) is 0 Å². The molecule has 0 amide bonds. The monoisotopic (exact) mass is 322 g/mol. The summed E-state index contributed by atoms with van der Waals surface area (Å²) < 4.78 is 29.3. The summed E-state index contributed by atoms with van der Waals surface area (Å²) in [6.45, 7) is 3.38. The predicted molar refractivity (Wildman–Crippen MR) is 82.4 cm³/mol. The molecule has 1 atom stereocenters. The zero-order valence-electron chi connectivity index (χ0n) is 12.9. The molecule has 0 saturated carbocycles. The molecule has 0 radical (unpaired) electrons. The molecule has 0 saturated heterocycles. The summed E-state index contributed by atoms with van der Waals surface area (Å²) in [6, 6.07) is 5.18. The number of carbonyl (C=O) groups is 1. The number of ether oxygens (including phenoxy) is 1. The van der Waals surface area contributed by atoms with Gasteiger partial charge in [0, 0.05) is 23.8 Å². The minimum atomic E-state index is -3.54. The number of pyridine rings is 1. The minimum absolute atomic E-state index is 0.136. The standard InChI is InChI=1S/C15H18N2O4S/c1-9-12(15(18)21-3)13(11-7-5-6-8-16-11)14(10(2)17-9)22(4,19)20/h5-8,13,17H,1-4H3. The zero-order chi connectivity index (χ0) is 16.5. The van der Waals surface area contributed by atoms with E-state index in [0.29, 0.717) is 17.1 Å². The van der Waals surface area contributed by atoms with Crippen molar-refractivity contribution in [2.24, 2.45) is 0 Å². The molecule has 0 bridgehead atoms. The van der Waals surface area contributed by atoms with Crippen LogP contribution >= 0.6 is 0 Å². The van der Waals surface area contributed by atoms with E-state index in [1.807, 2.05) is 0 Å². The molecule has 0 fully saturated rings. The highest BCUT2D eigenvalue weighted by molar-refractivity contribution is 7.94. The molecule has 22 heavy (non-hydrogen) atoms. The van der Waals surface area contributed by atoms with Gasteiger partial charge in [0.1, 0.15) is 0 Å². The second-order valence-electron chi connectivity index (χ2n) is 5.10. The summed E-state index contributed by atoms with van der Waals surface area (Å²) in [6.07, 6.45) is 2.69. The summed E-state index contributed by atoms with van der Waals surface area (Å²) in [5, 5.41) is 2.95. The zero-order valence-corrected chi connectivity index (χ0v) is 13.7. The van der Waals surface area contributed by atoms with Crippen LogP contribution in [0.15, 0.2) is 46.3 Å². The van der Waals surface area contributed by atoms with Crippen LogP contribution in [0.3, 0.4) is 0 Å². The van der Waals surface area contributed by atoms with Crippen LogP contribution in [0.1, 0.15) is 25.5 Å². The molecular formula is C15H18N2O4S. The van der Waals surface area contributed by atoms with E-state index < -0.39 is 21.7 Å². The topological polar surface area (TPSA) is 85.4 Å². The first kappa shape index (κ1) is 16.2. The number of sulfone groups is 1. The molecule has 1 aromatic heterocycles. The third kappa shape index (κ3) is 2.89. The third-order valence-corrected chi connectivity index (χ3v) is 4.83. The highest BCUT2D eigenvalue weighted by Gasteiger charge is 2.38. The Morgan fingerprint density at radius 1 is 1.27 bits per heavy atom. The number of dihydropyridines is 1. The smallest absolute Gasteiger partial charge is 0.336 e. The number of hydrogen-bond acceptors (Lipinski definition) is 6. The van der Waals surface area contributed by atoms with Gasteiger partial charge in [-0.25, -0.2) is 13.2 Å². The fourth-order valence-corrected chi connectivity index (χ4v) is 3.95. The SMILES string of the molecule is COC(=O)C1=C(C)NC(C)=C(S(C)(=O)=O)C1c1ccccn1. The predicted octanol–water partition coefficient (Wildman–Crippen LogP) is 1.49. The van der Waals surface area contributed by atoms with Gasteiger partial charge in [0.05, 0.1) is 29.2 Å². The number of rotatable bonds is 3. The van der Waals surface area contributed by atoms with Crippen molar-refractivity contribution < 1.29 is 17.9 Å². The molecule has 1 aromatic rings. The van der Waals surface area contributed by atoms with Crippen LogP contribution in [0.4, 0.5) is 0 Å². The van der Waals surface area contributed by atoms with Crippen LogP contribution < -0.4 is 5.32 Å². The van der Waals surface area contributed by atoms with E-state index in [4.69, 9.17) is 4.74 Å². The van der Waals surface area contributed by atoms with Crippen molar-refractivity contribution in [2.75, 3.05) is 13.4 Å². The largest absolute Gasteiger partial charge is 0.466 e. The number of methoxy groups -OCH3 is 1. The lowest BCUT2D eigenvalue weighted by atomic mass is 9.89. The van der Waals surface area contributed by atoms with Crippen molar-refractivity contribution in [3.05, 3.63) is 52.0 Å². The summed E-state index contributed by atoms with van der Waals surface area (Å²) in [7, 11) is -2.27. The van der Waals surface area contributed by atoms with Crippen molar-refractivity contribution in [1.29, 1.82) is 0 Å². The van der Waals surface area contributed by atoms with E-state index >= 15 is 0 Å². The molecule has 1 unspecified atom stereocenters. The maximum atomic E-state index is 12.2. The second-order valence-corrected chi connectivity index (χ2v) is 7.09. The average Bonchev–Trinajstić information content (AvgIpc) is 2.45. The Hall–Kier alpha value is -2.15. The van der Waals surface area contributed by atoms with Gasteiger partial charge >= 0.3 is 5.97 Å². The fraction of sp³-hybridized carbons (Fsp3) is 0.333. The van der Waals surface area contributed by atoms with Crippen LogP contribution in [-0.2, 0) is 19.4 Å². The Morgan fingerprint density at radius 3 is 2.45 bits per heavy atom. The molecule has 1 aliphatic rings. The molecule has 7 heteroatoms. The number of hydrogen-bond donors (Lipinski definition) is 1. The normalized spacial score (nSPS) is 19.0. The van der Waals surface area contributed by atoms with Gasteiger partial charge in [-0.1, -0.05) is 6.07 Å². The van der Waals surface area contributed by atoms with Gasteiger partial charge in [-0.15, -0.1) is 0 Å². The number of nitrogens with zero attached hydrogens (tertiary/aromatic N) is 1. The Morgan fingerprint density at radius 2 is 1.95 bits per heavy atom. The van der Waals surface area contributed by atoms with Gasteiger partial charge < -0.3 is 10.1 Å². The fourth-order valence-electron chi connectivity index (χ4n) is 2.68. The van der Waals surface area contributed by atoms with Crippen molar-refractivity contribution >= 4 is 15.8 Å². The number of allylic oxidation sites excluding steroid dienone is 3. The Kier molecular flexibility index (Phi) is 4.37. The van der Waals surface area contributed by atoms with Crippen LogP contribution in [0.25, 0.3) is 0 Å². The highest BCUT2D eigenvalue weighted by Crippen LogP contribution is 2.39. The number of esters is 1.